The molecule has 0 aliphatic heterocycles. The zero-order chi connectivity index (χ0) is 31.5. The Bertz CT molecular complexity index is 1190. The molecular weight excluding hydrogens is 512 g/mol. The molecule has 0 aromatic rings. The molecule has 2 nitrogen and oxygen atoms in total. The van der Waals surface area contributed by atoms with Crippen molar-refractivity contribution in [3.8, 4) is 0 Å². The van der Waals surface area contributed by atoms with Gasteiger partial charge in [0.1, 0.15) is 0 Å². The van der Waals surface area contributed by atoms with E-state index in [0.717, 1.165) is 25.7 Å². The van der Waals surface area contributed by atoms with E-state index in [2.05, 4.69) is 154 Å². The van der Waals surface area contributed by atoms with Gasteiger partial charge in [0.05, 0.1) is 12.2 Å². The third-order valence-corrected chi connectivity index (χ3v) is 8.24. The summed E-state index contributed by atoms with van der Waals surface area (Å²) in [4.78, 5) is 0. The minimum absolute atomic E-state index is 0.00547. The number of allylic oxidation sites excluding steroid dienone is 20. The van der Waals surface area contributed by atoms with Gasteiger partial charge in [0.15, 0.2) is 0 Å². The predicted octanol–water partition coefficient (Wildman–Crippen LogP) is 10.5. The first-order chi connectivity index (χ1) is 19.6. The zero-order valence-corrected chi connectivity index (χ0v) is 28.0. The average Bonchev–Trinajstić information content (AvgIpc) is 2.84. The highest BCUT2D eigenvalue weighted by Crippen LogP contribution is 2.42. The van der Waals surface area contributed by atoms with Crippen molar-refractivity contribution in [2.75, 3.05) is 0 Å². The topological polar surface area (TPSA) is 40.5 Å². The van der Waals surface area contributed by atoms with Gasteiger partial charge in [0.25, 0.3) is 0 Å². The largest absolute Gasteiger partial charge is 0.393 e. The SMILES string of the molecule is CC1=C(\C=C/C(C)=C/C=C/C(C)=C/C=C/C=C(C)/C=C/C=C(C)/C=C/C2=C(C)C[C@@H](O)CC2(C)C)C(C)(C)C[C@H](O)C1. The van der Waals surface area contributed by atoms with Gasteiger partial charge >= 0.3 is 0 Å². The summed E-state index contributed by atoms with van der Waals surface area (Å²) in [7, 11) is 0. The van der Waals surface area contributed by atoms with Gasteiger partial charge in [-0.3, -0.25) is 0 Å². The lowest BCUT2D eigenvalue weighted by Gasteiger charge is -2.35. The lowest BCUT2D eigenvalue weighted by atomic mass is 9.71. The Morgan fingerprint density at radius 3 is 1.19 bits per heavy atom. The summed E-state index contributed by atoms with van der Waals surface area (Å²) in [5.41, 5.74) is 10.1. The Hall–Kier alpha value is -2.94. The van der Waals surface area contributed by atoms with Crippen LogP contribution in [0.5, 0.6) is 0 Å². The molecule has 2 aliphatic rings. The van der Waals surface area contributed by atoms with Crippen LogP contribution in [0.3, 0.4) is 0 Å². The maximum absolute atomic E-state index is 10.1. The fraction of sp³-hybridized carbons (Fsp3) is 0.450. The fourth-order valence-electron chi connectivity index (χ4n) is 6.13. The molecule has 0 aromatic carbocycles. The Labute approximate surface area is 257 Å². The normalized spacial score (nSPS) is 25.0. The van der Waals surface area contributed by atoms with Crippen LogP contribution in [0.2, 0.25) is 0 Å². The van der Waals surface area contributed by atoms with Crippen molar-refractivity contribution in [1.82, 2.24) is 0 Å². The molecule has 2 aliphatic carbocycles. The number of aliphatic hydroxyl groups excluding tert-OH is 2. The summed E-state index contributed by atoms with van der Waals surface area (Å²) in [5, 5.41) is 20.2. The maximum atomic E-state index is 10.1. The smallest absolute Gasteiger partial charge is 0.0585 e. The Kier molecular flexibility index (Phi) is 13.5. The van der Waals surface area contributed by atoms with Crippen molar-refractivity contribution in [2.24, 2.45) is 10.8 Å². The molecule has 2 heteroatoms. The molecule has 2 N–H and O–H groups in total. The van der Waals surface area contributed by atoms with E-state index in [1.165, 1.54) is 44.6 Å². The molecule has 0 bridgehead atoms. The Balaban J connectivity index is 1.90. The van der Waals surface area contributed by atoms with Gasteiger partial charge in [-0.2, -0.15) is 0 Å². The first-order valence-electron chi connectivity index (χ1n) is 15.5. The molecule has 42 heavy (non-hydrogen) atoms. The summed E-state index contributed by atoms with van der Waals surface area (Å²) < 4.78 is 0. The monoisotopic (exact) mass is 568 g/mol. The second-order valence-electron chi connectivity index (χ2n) is 13.7. The zero-order valence-electron chi connectivity index (χ0n) is 28.0. The van der Waals surface area contributed by atoms with E-state index in [1.807, 2.05) is 0 Å². The summed E-state index contributed by atoms with van der Waals surface area (Å²) in [6.45, 7) is 21.6. The van der Waals surface area contributed by atoms with E-state index in [0.29, 0.717) is 0 Å². The fourth-order valence-corrected chi connectivity index (χ4v) is 6.13. The molecule has 228 valence electrons. The van der Waals surface area contributed by atoms with E-state index in [-0.39, 0.29) is 23.0 Å². The molecule has 0 saturated carbocycles. The van der Waals surface area contributed by atoms with E-state index in [1.54, 1.807) is 0 Å². The van der Waals surface area contributed by atoms with Gasteiger partial charge in [0.2, 0.25) is 0 Å². The summed E-state index contributed by atoms with van der Waals surface area (Å²) in [5.74, 6) is 0. The van der Waals surface area contributed by atoms with Crippen molar-refractivity contribution in [1.29, 1.82) is 0 Å². The molecule has 0 saturated heterocycles. The van der Waals surface area contributed by atoms with Crippen LogP contribution in [0, 0.1) is 10.8 Å². The van der Waals surface area contributed by atoms with Crippen molar-refractivity contribution in [2.45, 2.75) is 107 Å². The summed E-state index contributed by atoms with van der Waals surface area (Å²) in [6, 6.07) is 0. The van der Waals surface area contributed by atoms with Crippen LogP contribution in [0.15, 0.2) is 130 Å². The molecule has 0 spiro atoms. The maximum Gasteiger partial charge on any atom is 0.0585 e. The van der Waals surface area contributed by atoms with Gasteiger partial charge in [-0.15, -0.1) is 0 Å². The van der Waals surface area contributed by atoms with Crippen LogP contribution in [0.25, 0.3) is 0 Å². The molecule has 0 amide bonds. The van der Waals surface area contributed by atoms with Crippen LogP contribution in [-0.2, 0) is 0 Å². The highest BCUT2D eigenvalue weighted by Gasteiger charge is 2.32. The third-order valence-electron chi connectivity index (χ3n) is 8.24. The minimum atomic E-state index is -0.227. The van der Waals surface area contributed by atoms with Crippen molar-refractivity contribution in [3.63, 3.8) is 0 Å². The first kappa shape index (κ1) is 35.3. The molecule has 2 atom stereocenters. The number of hydrogen-bond donors (Lipinski definition) is 2. The number of rotatable bonds is 10. The van der Waals surface area contributed by atoms with Gasteiger partial charge in [-0.25, -0.2) is 0 Å². The molecule has 2 rings (SSSR count). The average molecular weight is 569 g/mol. The number of aliphatic hydroxyl groups is 2. The molecular formula is C40H56O2. The van der Waals surface area contributed by atoms with Gasteiger partial charge in [0, 0.05) is 0 Å². The second-order valence-corrected chi connectivity index (χ2v) is 13.7. The summed E-state index contributed by atoms with van der Waals surface area (Å²) in [6.07, 6.45) is 32.6. The van der Waals surface area contributed by atoms with Crippen LogP contribution < -0.4 is 0 Å². The quantitative estimate of drug-likeness (QED) is 0.257. The second kappa shape index (κ2) is 16.1. The summed E-state index contributed by atoms with van der Waals surface area (Å²) >= 11 is 0. The van der Waals surface area contributed by atoms with E-state index in [9.17, 15) is 10.2 Å². The first-order valence-corrected chi connectivity index (χ1v) is 15.5. The minimum Gasteiger partial charge on any atom is -0.393 e. The van der Waals surface area contributed by atoms with Crippen molar-refractivity contribution >= 4 is 0 Å². The van der Waals surface area contributed by atoms with Crippen molar-refractivity contribution in [3.05, 3.63) is 130 Å². The van der Waals surface area contributed by atoms with E-state index < -0.39 is 0 Å². The lowest BCUT2D eigenvalue weighted by molar-refractivity contribution is 0.116. The third kappa shape index (κ3) is 11.7. The van der Waals surface area contributed by atoms with Crippen LogP contribution in [0.1, 0.15) is 94.9 Å². The van der Waals surface area contributed by atoms with Gasteiger partial charge < -0.3 is 10.2 Å². The molecule has 0 aromatic heterocycles. The Morgan fingerprint density at radius 1 is 0.548 bits per heavy atom. The van der Waals surface area contributed by atoms with Gasteiger partial charge in [-0.05, 0) is 89.2 Å². The number of hydrogen-bond acceptors (Lipinski definition) is 2. The predicted molar refractivity (Wildman–Crippen MR) is 184 cm³/mol. The van der Waals surface area contributed by atoms with Crippen LogP contribution in [0.4, 0.5) is 0 Å². The van der Waals surface area contributed by atoms with Gasteiger partial charge in [-0.1, -0.05) is 146 Å². The van der Waals surface area contributed by atoms with E-state index in [4.69, 9.17) is 0 Å². The molecule has 0 radical (unpaired) electrons. The van der Waals surface area contributed by atoms with Crippen LogP contribution in [-0.4, -0.2) is 22.4 Å². The highest BCUT2D eigenvalue weighted by atomic mass is 16.3. The molecule has 0 fully saturated rings. The van der Waals surface area contributed by atoms with Crippen molar-refractivity contribution < 1.29 is 10.2 Å². The molecule has 0 heterocycles. The Morgan fingerprint density at radius 2 is 0.857 bits per heavy atom. The van der Waals surface area contributed by atoms with E-state index >= 15 is 0 Å². The van der Waals surface area contributed by atoms with Crippen LogP contribution >= 0.6 is 0 Å². The molecule has 0 unspecified atom stereocenters. The highest BCUT2D eigenvalue weighted by molar-refractivity contribution is 5.39. The standard InChI is InChI=1S/C40H56O2/c1-29(17-13-19-31(3)21-23-37-33(5)25-35(41)27-39(37,7)8)15-11-12-16-30(2)18-14-20-32(4)22-24-38-34(6)26-36(42)28-40(38,9)10/h11-24,35-36,41-42H,25-28H2,1-10H3/b12-11+,17-13+,18-14+,23-21-,24-22+,29-15+,30-16+,31-19+,32-20+/t35-,36-/m1/s1. The lowest BCUT2D eigenvalue weighted by Crippen LogP contribution is -2.28.